The van der Waals surface area contributed by atoms with Crippen molar-refractivity contribution in [2.45, 2.75) is 25.8 Å². The first-order valence-corrected chi connectivity index (χ1v) is 7.02. The maximum atomic E-state index is 13.4. The van der Waals surface area contributed by atoms with Crippen LogP contribution in [0.3, 0.4) is 0 Å². The van der Waals surface area contributed by atoms with Crippen LogP contribution in [0.1, 0.15) is 18.5 Å². The second-order valence-corrected chi connectivity index (χ2v) is 5.25. The van der Waals surface area contributed by atoms with E-state index in [2.05, 4.69) is 20.8 Å². The summed E-state index contributed by atoms with van der Waals surface area (Å²) in [6.07, 6.45) is 2.16. The molecule has 1 fully saturated rings. The van der Waals surface area contributed by atoms with E-state index in [9.17, 15) is 4.39 Å². The highest BCUT2D eigenvalue weighted by Gasteiger charge is 2.18. The fraction of sp³-hybridized carbons (Fsp3) is 0.400. The number of aromatic amines is 1. The van der Waals surface area contributed by atoms with Gasteiger partial charge in [-0.3, -0.25) is 5.10 Å². The van der Waals surface area contributed by atoms with Crippen LogP contribution in [0.25, 0.3) is 11.1 Å². The van der Waals surface area contributed by atoms with Crippen molar-refractivity contribution in [3.8, 4) is 11.1 Å². The van der Waals surface area contributed by atoms with Gasteiger partial charge in [-0.2, -0.15) is 5.10 Å². The Kier molecular flexibility index (Phi) is 3.69. The highest BCUT2D eigenvalue weighted by Crippen LogP contribution is 2.30. The van der Waals surface area contributed by atoms with Crippen molar-refractivity contribution in [2.75, 3.05) is 18.4 Å². The number of benzene rings is 1. The molecule has 2 heterocycles. The molecular weight excluding hydrogens is 255 g/mol. The maximum absolute atomic E-state index is 13.4. The van der Waals surface area contributed by atoms with Gasteiger partial charge in [0.25, 0.3) is 0 Å². The predicted octanol–water partition coefficient (Wildman–Crippen LogP) is 2.69. The Morgan fingerprint density at radius 2 is 2.10 bits per heavy atom. The van der Waals surface area contributed by atoms with Crippen LogP contribution in [0.5, 0.6) is 0 Å². The van der Waals surface area contributed by atoms with Crippen LogP contribution in [0.4, 0.5) is 10.2 Å². The van der Waals surface area contributed by atoms with Crippen LogP contribution in [-0.2, 0) is 0 Å². The quantitative estimate of drug-likeness (QED) is 0.806. The molecule has 3 rings (SSSR count). The number of rotatable bonds is 3. The van der Waals surface area contributed by atoms with Crippen molar-refractivity contribution in [1.29, 1.82) is 0 Å². The third-order valence-corrected chi connectivity index (χ3v) is 3.74. The molecule has 1 aromatic carbocycles. The Balaban J connectivity index is 1.89. The van der Waals surface area contributed by atoms with E-state index in [0.29, 0.717) is 6.04 Å². The Labute approximate surface area is 117 Å². The van der Waals surface area contributed by atoms with E-state index >= 15 is 0 Å². The number of halogens is 1. The summed E-state index contributed by atoms with van der Waals surface area (Å²) in [6.45, 7) is 4.01. The lowest BCUT2D eigenvalue weighted by Crippen LogP contribution is -2.35. The minimum atomic E-state index is -0.226. The van der Waals surface area contributed by atoms with Gasteiger partial charge >= 0.3 is 0 Å². The zero-order valence-electron chi connectivity index (χ0n) is 11.5. The molecule has 4 nitrogen and oxygen atoms in total. The molecule has 0 radical (unpaired) electrons. The SMILES string of the molecule is Cc1[nH]nc(NC2CCNCC2)c1-c1cccc(F)c1. The van der Waals surface area contributed by atoms with Gasteiger partial charge in [-0.1, -0.05) is 12.1 Å². The minimum Gasteiger partial charge on any atom is -0.365 e. The van der Waals surface area contributed by atoms with Crippen molar-refractivity contribution in [1.82, 2.24) is 15.5 Å². The average molecular weight is 274 g/mol. The standard InChI is InChI=1S/C15H19FN4/c1-10-14(11-3-2-4-12(16)9-11)15(20-19-10)18-13-5-7-17-8-6-13/h2-4,9,13,17H,5-8H2,1H3,(H2,18,19,20). The molecule has 0 saturated carbocycles. The lowest BCUT2D eigenvalue weighted by atomic mass is 10.0. The van der Waals surface area contributed by atoms with Crippen molar-refractivity contribution < 1.29 is 4.39 Å². The fourth-order valence-corrected chi connectivity index (χ4v) is 2.69. The molecule has 1 aromatic heterocycles. The van der Waals surface area contributed by atoms with Gasteiger partial charge in [0.15, 0.2) is 5.82 Å². The van der Waals surface area contributed by atoms with Crippen molar-refractivity contribution in [2.24, 2.45) is 0 Å². The topological polar surface area (TPSA) is 52.7 Å². The summed E-state index contributed by atoms with van der Waals surface area (Å²) in [4.78, 5) is 0. The molecule has 0 bridgehead atoms. The van der Waals surface area contributed by atoms with Gasteiger partial charge in [0.1, 0.15) is 5.82 Å². The molecule has 2 aromatic rings. The normalized spacial score (nSPS) is 16.3. The van der Waals surface area contributed by atoms with Crippen molar-refractivity contribution in [3.05, 3.63) is 35.8 Å². The highest BCUT2D eigenvalue weighted by molar-refractivity contribution is 5.77. The molecule has 0 spiro atoms. The first-order valence-electron chi connectivity index (χ1n) is 7.02. The molecule has 3 N–H and O–H groups in total. The smallest absolute Gasteiger partial charge is 0.156 e. The zero-order chi connectivity index (χ0) is 13.9. The number of hydrogen-bond acceptors (Lipinski definition) is 3. The van der Waals surface area contributed by atoms with Crippen LogP contribution in [0.2, 0.25) is 0 Å². The lowest BCUT2D eigenvalue weighted by molar-refractivity contribution is 0.478. The van der Waals surface area contributed by atoms with Gasteiger partial charge < -0.3 is 10.6 Å². The monoisotopic (exact) mass is 274 g/mol. The third-order valence-electron chi connectivity index (χ3n) is 3.74. The number of H-pyrrole nitrogens is 1. The fourth-order valence-electron chi connectivity index (χ4n) is 2.69. The van der Waals surface area contributed by atoms with Crippen LogP contribution in [-0.4, -0.2) is 29.3 Å². The Morgan fingerprint density at radius 1 is 1.30 bits per heavy atom. The van der Waals surface area contributed by atoms with E-state index in [-0.39, 0.29) is 5.82 Å². The largest absolute Gasteiger partial charge is 0.365 e. The molecule has 106 valence electrons. The number of piperidine rings is 1. The van der Waals surface area contributed by atoms with Crippen molar-refractivity contribution >= 4 is 5.82 Å². The van der Waals surface area contributed by atoms with Gasteiger partial charge in [0.2, 0.25) is 0 Å². The summed E-state index contributed by atoms with van der Waals surface area (Å²) in [6, 6.07) is 7.07. The van der Waals surface area contributed by atoms with Crippen LogP contribution in [0.15, 0.2) is 24.3 Å². The van der Waals surface area contributed by atoms with Gasteiger partial charge in [0, 0.05) is 17.3 Å². The first kappa shape index (κ1) is 13.1. The Hall–Kier alpha value is -1.88. The predicted molar refractivity (Wildman–Crippen MR) is 78.2 cm³/mol. The van der Waals surface area contributed by atoms with E-state index in [0.717, 1.165) is 48.6 Å². The van der Waals surface area contributed by atoms with Crippen molar-refractivity contribution in [3.63, 3.8) is 0 Å². The third kappa shape index (κ3) is 2.67. The zero-order valence-corrected chi connectivity index (χ0v) is 11.5. The number of anilines is 1. The second kappa shape index (κ2) is 5.63. The molecule has 20 heavy (non-hydrogen) atoms. The highest BCUT2D eigenvalue weighted by atomic mass is 19.1. The van der Waals surface area contributed by atoms with E-state index in [1.165, 1.54) is 6.07 Å². The van der Waals surface area contributed by atoms with Crippen LogP contribution < -0.4 is 10.6 Å². The van der Waals surface area contributed by atoms with E-state index < -0.39 is 0 Å². The van der Waals surface area contributed by atoms with Crippen LogP contribution in [0, 0.1) is 12.7 Å². The number of nitrogens with zero attached hydrogens (tertiary/aromatic N) is 1. The Bertz CT molecular complexity index is 587. The van der Waals surface area contributed by atoms with Gasteiger partial charge in [-0.25, -0.2) is 4.39 Å². The molecule has 1 aliphatic rings. The molecule has 1 aliphatic heterocycles. The molecule has 0 unspecified atom stereocenters. The summed E-state index contributed by atoms with van der Waals surface area (Å²) in [5, 5.41) is 14.2. The molecule has 1 saturated heterocycles. The number of aryl methyl sites for hydroxylation is 1. The maximum Gasteiger partial charge on any atom is 0.156 e. The van der Waals surface area contributed by atoms with Gasteiger partial charge in [0.05, 0.1) is 0 Å². The number of nitrogens with one attached hydrogen (secondary N) is 3. The summed E-state index contributed by atoms with van der Waals surface area (Å²) in [7, 11) is 0. The summed E-state index contributed by atoms with van der Waals surface area (Å²) in [5.41, 5.74) is 2.77. The van der Waals surface area contributed by atoms with Gasteiger partial charge in [-0.15, -0.1) is 0 Å². The molecular formula is C15H19FN4. The first-order chi connectivity index (χ1) is 9.74. The minimum absolute atomic E-state index is 0.226. The van der Waals surface area contributed by atoms with E-state index in [1.807, 2.05) is 13.0 Å². The molecule has 0 atom stereocenters. The van der Waals surface area contributed by atoms with E-state index in [4.69, 9.17) is 0 Å². The van der Waals surface area contributed by atoms with Crippen LogP contribution >= 0.6 is 0 Å². The lowest BCUT2D eigenvalue weighted by Gasteiger charge is -2.24. The summed E-state index contributed by atoms with van der Waals surface area (Å²) >= 11 is 0. The second-order valence-electron chi connectivity index (χ2n) is 5.25. The molecule has 0 aliphatic carbocycles. The number of aromatic nitrogens is 2. The van der Waals surface area contributed by atoms with E-state index in [1.54, 1.807) is 12.1 Å². The summed E-state index contributed by atoms with van der Waals surface area (Å²) < 4.78 is 13.4. The Morgan fingerprint density at radius 3 is 2.85 bits per heavy atom. The van der Waals surface area contributed by atoms with Gasteiger partial charge in [-0.05, 0) is 50.6 Å². The average Bonchev–Trinajstić information content (AvgIpc) is 2.81. The summed E-state index contributed by atoms with van der Waals surface area (Å²) in [5.74, 6) is 0.593. The molecule has 5 heteroatoms. The number of hydrogen-bond donors (Lipinski definition) is 3. The molecule has 0 amide bonds.